The molecule has 12 atom stereocenters. The third-order valence-electron chi connectivity index (χ3n) is 12.2. The van der Waals surface area contributed by atoms with Crippen molar-refractivity contribution in [1.82, 2.24) is 0 Å². The van der Waals surface area contributed by atoms with Crippen LogP contribution in [-0.2, 0) is 18.9 Å². The predicted octanol–water partition coefficient (Wildman–Crippen LogP) is -0.326. The fourth-order valence-electron chi connectivity index (χ4n) is 7.85. The molecule has 288 valence electrons. The molecule has 5 saturated heterocycles. The van der Waals surface area contributed by atoms with Crippen molar-refractivity contribution in [2.24, 2.45) is 0 Å². The maximum absolute atomic E-state index is 5.12. The van der Waals surface area contributed by atoms with Crippen molar-refractivity contribution in [3.63, 3.8) is 0 Å². The van der Waals surface area contributed by atoms with E-state index in [1.54, 1.807) is 28.4 Å². The Bertz CT molecular complexity index is 655. The molecule has 2 unspecified atom stereocenters. The quantitative estimate of drug-likeness (QED) is 0.228. The lowest BCUT2D eigenvalue weighted by molar-refractivity contribution is -0.893. The van der Waals surface area contributed by atoms with Crippen LogP contribution in [0.15, 0.2) is 0 Å². The molecule has 0 aromatic carbocycles. The minimum absolute atomic E-state index is 0.565. The van der Waals surface area contributed by atoms with Crippen molar-refractivity contribution in [2.45, 2.75) is 166 Å². The minimum Gasteiger partial charge on any atom is -0.463 e. The standard InChI is InChI=1S/2C9H19NO2.3C7H15N/c2*1-10-8(6-11-2)4-5-9(10)7-12-3;3*1-6-4-5-7(2)8(6)3/h2*8-10H,1,4-7H2,2-3H3;3*6-8H,3-5H2,1-2H3/t8-,9+;8-,9-;6-,7+;2*6-,7-/m.1.10/s1. The van der Waals surface area contributed by atoms with Crippen LogP contribution in [0.3, 0.4) is 0 Å². The third-order valence-corrected chi connectivity index (χ3v) is 12.2. The first-order valence-corrected chi connectivity index (χ1v) is 19.1. The van der Waals surface area contributed by atoms with Crippen LogP contribution >= 0.6 is 0 Å². The number of likely N-dealkylation sites (tertiary alicyclic amines) is 5. The van der Waals surface area contributed by atoms with Gasteiger partial charge in [0, 0.05) is 92.6 Å². The van der Waals surface area contributed by atoms with Gasteiger partial charge >= 0.3 is 0 Å². The minimum atomic E-state index is 0.565. The van der Waals surface area contributed by atoms with E-state index < -0.39 is 0 Å². The van der Waals surface area contributed by atoms with Crippen LogP contribution in [0.25, 0.3) is 0 Å². The first-order valence-electron chi connectivity index (χ1n) is 19.1. The van der Waals surface area contributed by atoms with E-state index in [1.165, 1.54) is 88.7 Å². The molecular formula is C39H83N5O4. The molecule has 5 N–H and O–H groups in total. The number of hydrogen-bond donors (Lipinski definition) is 5. The van der Waals surface area contributed by atoms with E-state index in [1.807, 2.05) is 0 Å². The Hall–Kier alpha value is -0.360. The number of quaternary nitrogens is 5. The molecule has 0 saturated carbocycles. The molecule has 0 bridgehead atoms. The smallest absolute Gasteiger partial charge is 0.0959 e. The van der Waals surface area contributed by atoms with Gasteiger partial charge in [-0.1, -0.05) is 0 Å². The molecule has 48 heavy (non-hydrogen) atoms. The highest BCUT2D eigenvalue weighted by Crippen LogP contribution is 2.08. The molecule has 0 aromatic rings. The van der Waals surface area contributed by atoms with Gasteiger partial charge in [-0.05, 0) is 41.5 Å². The Labute approximate surface area is 299 Å². The monoisotopic (exact) mass is 686 g/mol. The van der Waals surface area contributed by atoms with Gasteiger partial charge in [0.1, 0.15) is 0 Å². The van der Waals surface area contributed by atoms with Crippen LogP contribution in [0.5, 0.6) is 0 Å². The largest absolute Gasteiger partial charge is 0.463 e. The number of ether oxygens (including phenoxy) is 4. The Morgan fingerprint density at radius 1 is 0.333 bits per heavy atom. The average molecular weight is 686 g/mol. The van der Waals surface area contributed by atoms with Gasteiger partial charge in [-0.25, -0.2) is 0 Å². The van der Waals surface area contributed by atoms with Crippen molar-refractivity contribution < 1.29 is 43.4 Å². The summed E-state index contributed by atoms with van der Waals surface area (Å²) in [5.41, 5.74) is 0. The summed E-state index contributed by atoms with van der Waals surface area (Å²) in [7, 11) is 27.2. The Kier molecular flexibility index (Phi) is 23.6. The molecule has 5 heterocycles. The highest BCUT2D eigenvalue weighted by atomic mass is 16.5. The Morgan fingerprint density at radius 3 is 0.604 bits per heavy atom. The summed E-state index contributed by atoms with van der Waals surface area (Å²) in [6.07, 6.45) is 13.0. The second kappa shape index (κ2) is 24.8. The summed E-state index contributed by atoms with van der Waals surface area (Å²) in [5, 5.41) is 0. The van der Waals surface area contributed by atoms with Crippen LogP contribution in [0.2, 0.25) is 0 Å². The third kappa shape index (κ3) is 15.5. The summed E-state index contributed by atoms with van der Waals surface area (Å²) >= 11 is 0. The van der Waals surface area contributed by atoms with Gasteiger partial charge in [-0.2, -0.15) is 35.2 Å². The van der Waals surface area contributed by atoms with Crippen LogP contribution in [0, 0.1) is 35.2 Å². The number of rotatable bonds is 8. The first-order chi connectivity index (χ1) is 22.7. The first kappa shape index (κ1) is 45.7. The van der Waals surface area contributed by atoms with E-state index >= 15 is 0 Å². The molecule has 5 rings (SSSR count). The zero-order valence-electron chi connectivity index (χ0n) is 33.3. The Morgan fingerprint density at radius 2 is 0.500 bits per heavy atom. The number of hydrogen-bond acceptors (Lipinski definition) is 4. The van der Waals surface area contributed by atoms with E-state index in [2.05, 4.69) is 76.8 Å². The topological polar surface area (TPSA) is 59.1 Å². The maximum Gasteiger partial charge on any atom is 0.0959 e. The van der Waals surface area contributed by atoms with E-state index in [9.17, 15) is 0 Å². The van der Waals surface area contributed by atoms with E-state index in [-0.39, 0.29) is 0 Å². The summed E-state index contributed by atoms with van der Waals surface area (Å²) < 4.78 is 20.5. The molecule has 5 fully saturated rings. The number of methoxy groups -OCH3 is 4. The average Bonchev–Trinajstić information content (AvgIpc) is 3.84. The zero-order chi connectivity index (χ0) is 36.4. The van der Waals surface area contributed by atoms with Crippen molar-refractivity contribution in [3.05, 3.63) is 35.2 Å². The molecule has 0 aliphatic carbocycles. The lowest BCUT2D eigenvalue weighted by atomic mass is 10.2. The van der Waals surface area contributed by atoms with Crippen molar-refractivity contribution >= 4 is 0 Å². The predicted molar refractivity (Wildman–Crippen MR) is 197 cm³/mol. The molecule has 0 spiro atoms. The number of nitrogens with one attached hydrogen (secondary N) is 5. The molecule has 0 amide bonds. The van der Waals surface area contributed by atoms with E-state index in [0.29, 0.717) is 24.2 Å². The van der Waals surface area contributed by atoms with Crippen molar-refractivity contribution in [1.29, 1.82) is 0 Å². The normalized spacial score (nSPS) is 38.3. The van der Waals surface area contributed by atoms with Gasteiger partial charge in [0.15, 0.2) is 0 Å². The van der Waals surface area contributed by atoms with Crippen LogP contribution < -0.4 is 24.5 Å². The van der Waals surface area contributed by atoms with Gasteiger partial charge < -0.3 is 43.4 Å². The molecule has 0 radical (unpaired) electrons. The maximum atomic E-state index is 5.12. The SMILES string of the molecule is [CH2-][NH+]1[C@@H](C)CC[C@@H]1C.[CH2-][NH+]1[C@@H](COC)CC[C@@H]1COC.[CH2-][NH+]1[C@@H](COC)CC[C@H]1COC.[CH2-][NH+]1[C@H](C)CC[C@@H]1C.[CH2-][NH+]1[C@H](C)CC[C@H]1C. The fraction of sp³-hybridized carbons (Fsp3) is 0.872. The molecule has 5 aliphatic heterocycles. The van der Waals surface area contributed by atoms with Gasteiger partial charge in [0.2, 0.25) is 0 Å². The summed E-state index contributed by atoms with van der Waals surface area (Å²) in [6.45, 7) is 16.9. The molecular weight excluding hydrogens is 602 g/mol. The zero-order valence-corrected chi connectivity index (χ0v) is 33.3. The van der Waals surface area contributed by atoms with Crippen molar-refractivity contribution in [3.8, 4) is 0 Å². The highest BCUT2D eigenvalue weighted by molar-refractivity contribution is 4.71. The lowest BCUT2D eigenvalue weighted by Gasteiger charge is -2.28. The summed E-state index contributed by atoms with van der Waals surface area (Å²) in [6, 6.07) is 7.04. The van der Waals surface area contributed by atoms with Gasteiger partial charge in [-0.15, -0.1) is 0 Å². The highest BCUT2D eigenvalue weighted by Gasteiger charge is 2.31. The van der Waals surface area contributed by atoms with E-state index in [4.69, 9.17) is 18.9 Å². The summed E-state index contributed by atoms with van der Waals surface area (Å²) in [4.78, 5) is 7.03. The summed E-state index contributed by atoms with van der Waals surface area (Å²) in [5.74, 6) is 0. The second-order valence-electron chi connectivity index (χ2n) is 15.8. The Balaban J connectivity index is 0.000000304. The van der Waals surface area contributed by atoms with Crippen LogP contribution in [-0.4, -0.2) is 115 Å². The molecule has 5 aliphatic rings. The second-order valence-corrected chi connectivity index (χ2v) is 15.8. The fourth-order valence-corrected chi connectivity index (χ4v) is 7.85. The van der Waals surface area contributed by atoms with Crippen molar-refractivity contribution in [2.75, 3.05) is 54.9 Å². The van der Waals surface area contributed by atoms with Gasteiger partial charge in [0.05, 0.1) is 86.8 Å². The van der Waals surface area contributed by atoms with Crippen LogP contribution in [0.1, 0.15) is 106 Å². The van der Waals surface area contributed by atoms with Gasteiger partial charge in [-0.3, -0.25) is 0 Å². The van der Waals surface area contributed by atoms with Gasteiger partial charge in [0.25, 0.3) is 0 Å². The molecule has 9 heteroatoms. The van der Waals surface area contributed by atoms with E-state index in [0.717, 1.165) is 62.7 Å². The van der Waals surface area contributed by atoms with Crippen LogP contribution in [0.4, 0.5) is 0 Å². The lowest BCUT2D eigenvalue weighted by Crippen LogP contribution is -3.13. The molecule has 0 aromatic heterocycles. The molecule has 9 nitrogen and oxygen atoms in total.